The van der Waals surface area contributed by atoms with E-state index in [1.165, 1.54) is 0 Å². The van der Waals surface area contributed by atoms with Crippen molar-refractivity contribution >= 4 is 0 Å². The minimum absolute atomic E-state index is 0.0800. The monoisotopic (exact) mass is 285 g/mol. The molecule has 1 N–H and O–H groups in total. The van der Waals surface area contributed by atoms with E-state index in [-0.39, 0.29) is 11.8 Å². The first kappa shape index (κ1) is 16.9. The number of hydrogen-bond acceptors (Lipinski definition) is 2. The minimum atomic E-state index is -2.78. The molecule has 2 nitrogen and oxygen atoms in total. The topological polar surface area (TPSA) is 21.3 Å². The minimum Gasteiger partial charge on any atom is -0.434 e. The van der Waals surface area contributed by atoms with Gasteiger partial charge in [-0.3, -0.25) is 0 Å². The van der Waals surface area contributed by atoms with E-state index in [1.807, 2.05) is 12.1 Å². The standard InChI is InChI=1S/C16H25F2NO/c1-3-5-6-10-14(19-12-4-2)13-9-7-8-11-15(13)20-16(17)18/h7-9,11,14,16,19H,3-6,10,12H2,1-2H3. The van der Waals surface area contributed by atoms with E-state index in [0.29, 0.717) is 0 Å². The van der Waals surface area contributed by atoms with E-state index < -0.39 is 6.61 Å². The van der Waals surface area contributed by atoms with Crippen LogP contribution in [0.15, 0.2) is 24.3 Å². The fraction of sp³-hybridized carbons (Fsp3) is 0.625. The van der Waals surface area contributed by atoms with Gasteiger partial charge in [-0.15, -0.1) is 0 Å². The molecular formula is C16H25F2NO. The number of unbranched alkanes of at least 4 members (excludes halogenated alkanes) is 2. The molecule has 0 saturated heterocycles. The van der Waals surface area contributed by atoms with Gasteiger partial charge in [0, 0.05) is 11.6 Å². The van der Waals surface area contributed by atoms with Gasteiger partial charge in [-0.05, 0) is 25.5 Å². The molecule has 0 spiro atoms. The van der Waals surface area contributed by atoms with Crippen LogP contribution in [0.1, 0.15) is 57.6 Å². The van der Waals surface area contributed by atoms with Crippen molar-refractivity contribution in [2.24, 2.45) is 0 Å². The maximum atomic E-state index is 12.5. The Bertz CT molecular complexity index is 371. The van der Waals surface area contributed by atoms with Crippen molar-refractivity contribution in [2.45, 2.75) is 58.6 Å². The second-order valence-corrected chi connectivity index (χ2v) is 4.92. The molecule has 20 heavy (non-hydrogen) atoms. The maximum Gasteiger partial charge on any atom is 0.387 e. The van der Waals surface area contributed by atoms with Crippen LogP contribution >= 0.6 is 0 Å². The summed E-state index contributed by atoms with van der Waals surface area (Å²) in [5, 5.41) is 3.43. The summed E-state index contributed by atoms with van der Waals surface area (Å²) in [5.74, 6) is 0.285. The summed E-state index contributed by atoms with van der Waals surface area (Å²) in [6.45, 7) is 2.35. The van der Waals surface area contributed by atoms with Gasteiger partial charge in [-0.2, -0.15) is 8.78 Å². The predicted octanol–water partition coefficient (Wildman–Crippen LogP) is 4.91. The van der Waals surface area contributed by atoms with Gasteiger partial charge in [0.2, 0.25) is 0 Å². The van der Waals surface area contributed by atoms with Crippen LogP contribution in [0.5, 0.6) is 5.75 Å². The number of nitrogens with one attached hydrogen (secondary N) is 1. The zero-order chi connectivity index (χ0) is 14.8. The second-order valence-electron chi connectivity index (χ2n) is 4.92. The van der Waals surface area contributed by atoms with Gasteiger partial charge in [-0.1, -0.05) is 51.3 Å². The van der Waals surface area contributed by atoms with E-state index >= 15 is 0 Å². The van der Waals surface area contributed by atoms with Gasteiger partial charge in [0.25, 0.3) is 0 Å². The molecule has 0 aromatic heterocycles. The number of alkyl halides is 2. The number of benzene rings is 1. The maximum absolute atomic E-state index is 12.5. The van der Waals surface area contributed by atoms with Crippen molar-refractivity contribution < 1.29 is 13.5 Å². The van der Waals surface area contributed by atoms with Crippen molar-refractivity contribution in [2.75, 3.05) is 6.54 Å². The average Bonchev–Trinajstić information content (AvgIpc) is 2.43. The fourth-order valence-corrected chi connectivity index (χ4v) is 2.26. The fourth-order valence-electron chi connectivity index (χ4n) is 2.26. The van der Waals surface area contributed by atoms with Crippen LogP contribution in [0.3, 0.4) is 0 Å². The van der Waals surface area contributed by atoms with Crippen LogP contribution < -0.4 is 10.1 Å². The quantitative estimate of drug-likeness (QED) is 0.617. The number of hydrogen-bond donors (Lipinski definition) is 1. The molecule has 0 bridgehead atoms. The van der Waals surface area contributed by atoms with Crippen molar-refractivity contribution in [3.63, 3.8) is 0 Å². The van der Waals surface area contributed by atoms with E-state index in [9.17, 15) is 8.78 Å². The molecule has 0 heterocycles. The van der Waals surface area contributed by atoms with Crippen molar-refractivity contribution in [3.8, 4) is 5.75 Å². The lowest BCUT2D eigenvalue weighted by Crippen LogP contribution is -2.23. The lowest BCUT2D eigenvalue weighted by Gasteiger charge is -2.21. The zero-order valence-electron chi connectivity index (χ0n) is 12.4. The first-order valence-corrected chi connectivity index (χ1v) is 7.46. The van der Waals surface area contributed by atoms with Crippen molar-refractivity contribution in [1.82, 2.24) is 5.32 Å². The Kier molecular flexibility index (Phi) is 8.19. The highest BCUT2D eigenvalue weighted by molar-refractivity contribution is 5.36. The normalized spacial score (nSPS) is 12.7. The summed E-state index contributed by atoms with van der Waals surface area (Å²) in [6, 6.07) is 7.16. The third-order valence-corrected chi connectivity index (χ3v) is 3.25. The Balaban J connectivity index is 2.81. The average molecular weight is 285 g/mol. The highest BCUT2D eigenvalue weighted by atomic mass is 19.3. The van der Waals surface area contributed by atoms with Crippen LogP contribution in [-0.4, -0.2) is 13.2 Å². The first-order chi connectivity index (χ1) is 9.69. The predicted molar refractivity (Wildman–Crippen MR) is 78.3 cm³/mol. The highest BCUT2D eigenvalue weighted by Gasteiger charge is 2.17. The van der Waals surface area contributed by atoms with Crippen LogP contribution in [0.4, 0.5) is 8.78 Å². The van der Waals surface area contributed by atoms with Crippen LogP contribution in [0.25, 0.3) is 0 Å². The number of rotatable bonds is 10. The largest absolute Gasteiger partial charge is 0.434 e. The molecule has 1 aromatic rings. The number of para-hydroxylation sites is 1. The molecule has 1 unspecified atom stereocenters. The summed E-state index contributed by atoms with van der Waals surface area (Å²) in [6.07, 6.45) is 5.35. The summed E-state index contributed by atoms with van der Waals surface area (Å²) in [5.41, 5.74) is 0.831. The lowest BCUT2D eigenvalue weighted by molar-refractivity contribution is -0.0507. The zero-order valence-corrected chi connectivity index (χ0v) is 12.4. The molecule has 0 radical (unpaired) electrons. The Morgan fingerprint density at radius 3 is 2.50 bits per heavy atom. The van der Waals surface area contributed by atoms with Crippen LogP contribution in [0.2, 0.25) is 0 Å². The molecule has 1 atom stereocenters. The highest BCUT2D eigenvalue weighted by Crippen LogP contribution is 2.29. The SMILES string of the molecule is CCCCCC(NCCC)c1ccccc1OC(F)F. The smallest absolute Gasteiger partial charge is 0.387 e. The third kappa shape index (κ3) is 5.87. The summed E-state index contributed by atoms with van der Waals surface area (Å²) < 4.78 is 29.6. The van der Waals surface area contributed by atoms with Gasteiger partial charge in [0.15, 0.2) is 0 Å². The Morgan fingerprint density at radius 1 is 1.10 bits per heavy atom. The van der Waals surface area contributed by atoms with Crippen LogP contribution in [0, 0.1) is 0 Å². The molecule has 4 heteroatoms. The molecule has 1 rings (SSSR count). The molecule has 0 aliphatic rings. The van der Waals surface area contributed by atoms with E-state index in [1.54, 1.807) is 12.1 Å². The Morgan fingerprint density at radius 2 is 1.85 bits per heavy atom. The third-order valence-electron chi connectivity index (χ3n) is 3.25. The van der Waals surface area contributed by atoms with Gasteiger partial charge < -0.3 is 10.1 Å². The molecule has 0 fully saturated rings. The first-order valence-electron chi connectivity index (χ1n) is 7.46. The van der Waals surface area contributed by atoms with E-state index in [4.69, 9.17) is 0 Å². The van der Waals surface area contributed by atoms with Gasteiger partial charge in [0.1, 0.15) is 5.75 Å². The molecule has 1 aromatic carbocycles. The van der Waals surface area contributed by atoms with Gasteiger partial charge >= 0.3 is 6.61 Å². The molecule has 0 amide bonds. The van der Waals surface area contributed by atoms with E-state index in [2.05, 4.69) is 23.9 Å². The number of ether oxygens (including phenoxy) is 1. The molecular weight excluding hydrogens is 260 g/mol. The molecule has 114 valence electrons. The number of halogens is 2. The van der Waals surface area contributed by atoms with Gasteiger partial charge in [0.05, 0.1) is 0 Å². The summed E-state index contributed by atoms with van der Waals surface area (Å²) in [4.78, 5) is 0. The van der Waals surface area contributed by atoms with Gasteiger partial charge in [-0.25, -0.2) is 0 Å². The van der Waals surface area contributed by atoms with Crippen molar-refractivity contribution in [1.29, 1.82) is 0 Å². The summed E-state index contributed by atoms with van der Waals surface area (Å²) in [7, 11) is 0. The summed E-state index contributed by atoms with van der Waals surface area (Å²) >= 11 is 0. The molecule has 0 saturated carbocycles. The van der Waals surface area contributed by atoms with Crippen LogP contribution in [-0.2, 0) is 0 Å². The van der Waals surface area contributed by atoms with Crippen molar-refractivity contribution in [3.05, 3.63) is 29.8 Å². The van der Waals surface area contributed by atoms with E-state index in [0.717, 1.165) is 44.2 Å². The molecule has 0 aliphatic heterocycles. The Labute approximate surface area is 120 Å². The second kappa shape index (κ2) is 9.70. The lowest BCUT2D eigenvalue weighted by atomic mass is 9.99. The molecule has 0 aliphatic carbocycles. The Hall–Kier alpha value is -1.16.